The van der Waals surface area contributed by atoms with Gasteiger partial charge in [0.2, 0.25) is 0 Å². The van der Waals surface area contributed by atoms with Crippen LogP contribution in [0.3, 0.4) is 0 Å². The van der Waals surface area contributed by atoms with E-state index < -0.39 is 5.60 Å². The van der Waals surface area contributed by atoms with Gasteiger partial charge >= 0.3 is 6.09 Å². The molecule has 0 unspecified atom stereocenters. The Morgan fingerprint density at radius 2 is 1.81 bits per heavy atom. The normalized spacial score (nSPS) is 18.1. The minimum atomic E-state index is -0.467. The molecule has 2 aromatic rings. The van der Waals surface area contributed by atoms with Crippen molar-refractivity contribution >= 4 is 22.0 Å². The van der Waals surface area contributed by atoms with Crippen molar-refractivity contribution in [3.05, 3.63) is 64.1 Å². The van der Waals surface area contributed by atoms with Crippen LogP contribution >= 0.6 is 15.9 Å². The predicted molar refractivity (Wildman–Crippen MR) is 125 cm³/mol. The molecule has 0 bridgehead atoms. The summed E-state index contributed by atoms with van der Waals surface area (Å²) in [6.45, 7) is 9.49. The second-order valence-electron chi connectivity index (χ2n) is 9.57. The number of piperazine rings is 1. The van der Waals surface area contributed by atoms with Crippen molar-refractivity contribution in [2.24, 2.45) is 0 Å². The first-order chi connectivity index (χ1) is 14.8. The van der Waals surface area contributed by atoms with E-state index in [0.717, 1.165) is 53.8 Å². The summed E-state index contributed by atoms with van der Waals surface area (Å²) in [5.74, 6) is 0.894. The molecule has 1 saturated carbocycles. The zero-order valence-electron chi connectivity index (χ0n) is 18.6. The Labute approximate surface area is 193 Å². The van der Waals surface area contributed by atoms with Crippen LogP contribution in [0.15, 0.2) is 53.0 Å². The molecule has 0 N–H and O–H groups in total. The lowest BCUT2D eigenvalue weighted by atomic mass is 10.1. The highest BCUT2D eigenvalue weighted by atomic mass is 79.9. The number of carbonyl (C=O) groups excluding carboxylic acids is 1. The molecule has 6 heteroatoms. The van der Waals surface area contributed by atoms with Crippen LogP contribution in [0.2, 0.25) is 0 Å². The number of nitrogens with zero attached hydrogens (tertiary/aromatic N) is 2. The van der Waals surface area contributed by atoms with Crippen molar-refractivity contribution in [3.8, 4) is 5.75 Å². The number of carbonyl (C=O) groups is 1. The van der Waals surface area contributed by atoms with Gasteiger partial charge < -0.3 is 9.47 Å². The van der Waals surface area contributed by atoms with Gasteiger partial charge in [0.25, 0.3) is 0 Å². The summed E-state index contributed by atoms with van der Waals surface area (Å²) in [7, 11) is 0. The quantitative estimate of drug-likeness (QED) is 0.550. The smallest absolute Gasteiger partial charge is 0.410 e. The Balaban J connectivity index is 1.42. The first-order valence-electron chi connectivity index (χ1n) is 10.9. The van der Waals surface area contributed by atoms with Crippen LogP contribution in [0.5, 0.6) is 5.75 Å². The minimum absolute atomic E-state index is 0.0718. The Hall–Kier alpha value is -2.05. The van der Waals surface area contributed by atoms with Gasteiger partial charge in [-0.1, -0.05) is 42.5 Å². The van der Waals surface area contributed by atoms with Gasteiger partial charge in [0, 0.05) is 31.7 Å². The lowest BCUT2D eigenvalue weighted by molar-refractivity contribution is -0.00820. The van der Waals surface area contributed by atoms with E-state index in [4.69, 9.17) is 9.47 Å². The number of amides is 1. The Morgan fingerprint density at radius 1 is 1.06 bits per heavy atom. The maximum atomic E-state index is 12.7. The second kappa shape index (κ2) is 8.83. The van der Waals surface area contributed by atoms with Crippen LogP contribution in [-0.2, 0) is 17.9 Å². The van der Waals surface area contributed by atoms with Crippen molar-refractivity contribution in [2.45, 2.75) is 57.9 Å². The molecule has 1 saturated heterocycles. The van der Waals surface area contributed by atoms with E-state index in [0.29, 0.717) is 13.2 Å². The molecule has 0 atom stereocenters. The fraction of sp³-hybridized carbons (Fsp3) is 0.480. The number of halogens is 1. The van der Waals surface area contributed by atoms with E-state index in [-0.39, 0.29) is 11.6 Å². The van der Waals surface area contributed by atoms with E-state index in [1.165, 1.54) is 0 Å². The van der Waals surface area contributed by atoms with E-state index in [1.807, 2.05) is 49.9 Å². The number of benzene rings is 2. The average Bonchev–Trinajstić information content (AvgIpc) is 3.46. The van der Waals surface area contributed by atoms with Gasteiger partial charge in [-0.3, -0.25) is 9.80 Å². The first-order valence-corrected chi connectivity index (χ1v) is 11.7. The highest BCUT2D eigenvalue weighted by Gasteiger charge is 2.54. The topological polar surface area (TPSA) is 42.0 Å². The number of hydrogen-bond acceptors (Lipinski definition) is 4. The lowest BCUT2D eigenvalue weighted by Crippen LogP contribution is -2.57. The standard InChI is InChI=1S/C25H31BrN2O3/c1-24(2,3)31-23(29)28-15-14-27(18-25(28)12-13-25)16-20-10-7-11-21(26)22(20)30-17-19-8-5-4-6-9-19/h4-11H,12-18H2,1-3H3. The number of ether oxygens (including phenoxy) is 2. The molecular weight excluding hydrogens is 456 g/mol. The maximum absolute atomic E-state index is 12.7. The molecule has 1 heterocycles. The van der Waals surface area contributed by atoms with E-state index >= 15 is 0 Å². The Kier molecular flexibility index (Phi) is 6.31. The van der Waals surface area contributed by atoms with Crippen LogP contribution < -0.4 is 4.74 Å². The Bertz CT molecular complexity index is 922. The maximum Gasteiger partial charge on any atom is 0.410 e. The molecule has 2 aromatic carbocycles. The molecule has 1 spiro atoms. The van der Waals surface area contributed by atoms with Gasteiger partial charge in [-0.25, -0.2) is 4.79 Å². The van der Waals surface area contributed by atoms with Crippen molar-refractivity contribution < 1.29 is 14.3 Å². The second-order valence-corrected chi connectivity index (χ2v) is 10.4. The summed E-state index contributed by atoms with van der Waals surface area (Å²) in [6.07, 6.45) is 1.90. The van der Waals surface area contributed by atoms with Crippen LogP contribution in [-0.4, -0.2) is 46.7 Å². The molecule has 0 radical (unpaired) electrons. The average molecular weight is 487 g/mol. The molecule has 2 fully saturated rings. The van der Waals surface area contributed by atoms with Gasteiger partial charge in [-0.2, -0.15) is 0 Å². The molecule has 1 aliphatic heterocycles. The highest BCUT2D eigenvalue weighted by molar-refractivity contribution is 9.10. The van der Waals surface area contributed by atoms with Crippen LogP contribution in [0.1, 0.15) is 44.7 Å². The third kappa shape index (κ3) is 5.42. The molecule has 1 amide bonds. The molecule has 31 heavy (non-hydrogen) atoms. The molecule has 4 rings (SSSR count). The van der Waals surface area contributed by atoms with Crippen molar-refractivity contribution in [1.29, 1.82) is 0 Å². The number of para-hydroxylation sites is 1. The molecule has 1 aliphatic carbocycles. The zero-order chi connectivity index (χ0) is 22.1. The largest absolute Gasteiger partial charge is 0.487 e. The summed E-state index contributed by atoms with van der Waals surface area (Å²) in [5.41, 5.74) is 1.77. The number of hydrogen-bond donors (Lipinski definition) is 0. The monoisotopic (exact) mass is 486 g/mol. The Morgan fingerprint density at radius 3 is 2.48 bits per heavy atom. The summed E-state index contributed by atoms with van der Waals surface area (Å²) in [6, 6.07) is 16.4. The van der Waals surface area contributed by atoms with Crippen molar-refractivity contribution in [2.75, 3.05) is 19.6 Å². The minimum Gasteiger partial charge on any atom is -0.487 e. The number of rotatable bonds is 5. The van der Waals surface area contributed by atoms with Gasteiger partial charge in [-0.05, 0) is 61.2 Å². The highest BCUT2D eigenvalue weighted by Crippen LogP contribution is 2.45. The van der Waals surface area contributed by atoms with Gasteiger partial charge in [-0.15, -0.1) is 0 Å². The lowest BCUT2D eigenvalue weighted by Gasteiger charge is -2.42. The summed E-state index contributed by atoms with van der Waals surface area (Å²) in [4.78, 5) is 17.1. The van der Waals surface area contributed by atoms with E-state index in [2.05, 4.69) is 45.1 Å². The van der Waals surface area contributed by atoms with Gasteiger partial charge in [0.1, 0.15) is 18.0 Å². The van der Waals surface area contributed by atoms with Crippen molar-refractivity contribution in [1.82, 2.24) is 9.80 Å². The molecule has 0 aromatic heterocycles. The summed E-state index contributed by atoms with van der Waals surface area (Å²) in [5, 5.41) is 0. The van der Waals surface area contributed by atoms with Crippen LogP contribution in [0.4, 0.5) is 4.79 Å². The summed E-state index contributed by atoms with van der Waals surface area (Å²) < 4.78 is 12.8. The fourth-order valence-electron chi connectivity index (χ4n) is 4.18. The summed E-state index contributed by atoms with van der Waals surface area (Å²) >= 11 is 3.66. The SMILES string of the molecule is CC(C)(C)OC(=O)N1CCN(Cc2cccc(Br)c2OCc2ccccc2)CC12CC2. The predicted octanol–water partition coefficient (Wildman–Crippen LogP) is 5.61. The third-order valence-corrected chi connectivity index (χ3v) is 6.46. The zero-order valence-corrected chi connectivity index (χ0v) is 20.2. The molecular formula is C25H31BrN2O3. The van der Waals surface area contributed by atoms with Crippen LogP contribution in [0.25, 0.3) is 0 Å². The molecule has 2 aliphatic rings. The van der Waals surface area contributed by atoms with E-state index in [9.17, 15) is 4.79 Å². The molecule has 166 valence electrons. The van der Waals surface area contributed by atoms with Gasteiger partial charge in [0.05, 0.1) is 10.0 Å². The van der Waals surface area contributed by atoms with Crippen LogP contribution in [0, 0.1) is 0 Å². The van der Waals surface area contributed by atoms with E-state index in [1.54, 1.807) is 0 Å². The molecule has 5 nitrogen and oxygen atoms in total. The van der Waals surface area contributed by atoms with Crippen molar-refractivity contribution in [3.63, 3.8) is 0 Å². The third-order valence-electron chi connectivity index (χ3n) is 5.84. The van der Waals surface area contributed by atoms with Gasteiger partial charge in [0.15, 0.2) is 0 Å². The first kappa shape index (κ1) is 22.2. The fourth-order valence-corrected chi connectivity index (χ4v) is 4.70.